The molecule has 5 nitrogen and oxygen atoms in total. The van der Waals surface area contributed by atoms with Gasteiger partial charge in [-0.1, -0.05) is 0 Å². The van der Waals surface area contributed by atoms with Gasteiger partial charge in [0.05, 0.1) is 0 Å². The zero-order valence-corrected chi connectivity index (χ0v) is 8.73. The number of hydrogen-bond acceptors (Lipinski definition) is 3. The number of amides is 1. The monoisotopic (exact) mass is 206 g/mol. The molecular weight excluding hydrogens is 192 g/mol. The van der Waals surface area contributed by atoms with Crippen molar-refractivity contribution in [2.45, 2.75) is 18.4 Å². The second-order valence-corrected chi connectivity index (χ2v) is 4.44. The van der Waals surface area contributed by atoms with Gasteiger partial charge in [-0.3, -0.25) is 4.57 Å². The predicted octanol–water partition coefficient (Wildman–Crippen LogP) is 0.375. The molecule has 0 aliphatic carbocycles. The summed E-state index contributed by atoms with van der Waals surface area (Å²) >= 11 is 0. The number of fused-ring (bicyclic) bond motifs is 2. The summed E-state index contributed by atoms with van der Waals surface area (Å²) in [6, 6.07) is -0.0351. The van der Waals surface area contributed by atoms with Crippen LogP contribution < -0.4 is 5.32 Å². The second-order valence-electron chi connectivity index (χ2n) is 4.44. The van der Waals surface area contributed by atoms with Crippen molar-refractivity contribution in [2.24, 2.45) is 0 Å². The minimum atomic E-state index is -0.201. The average Bonchev–Trinajstić information content (AvgIpc) is 2.78. The summed E-state index contributed by atoms with van der Waals surface area (Å²) in [7, 11) is 2.11. The number of nitrogens with one attached hydrogen (secondary N) is 1. The number of carbonyl (C=O) groups excluding carboxylic acids is 1. The van der Waals surface area contributed by atoms with E-state index < -0.39 is 0 Å². The Morgan fingerprint density at radius 2 is 2.20 bits per heavy atom. The SMILES string of the molecule is CN1CCC2(CC1)NC(=O)n1ccnc12. The number of carbonyl (C=O) groups is 1. The Labute approximate surface area is 88.1 Å². The minimum absolute atomic E-state index is 0.0351. The summed E-state index contributed by atoms with van der Waals surface area (Å²) in [5.41, 5.74) is -0.201. The van der Waals surface area contributed by atoms with Crippen LogP contribution in [0.3, 0.4) is 0 Å². The zero-order valence-electron chi connectivity index (χ0n) is 8.73. The summed E-state index contributed by atoms with van der Waals surface area (Å²) in [6.45, 7) is 2.01. The average molecular weight is 206 g/mol. The topological polar surface area (TPSA) is 50.2 Å². The maximum absolute atomic E-state index is 11.7. The molecule has 80 valence electrons. The van der Waals surface area contributed by atoms with Gasteiger partial charge in [-0.05, 0) is 19.9 Å². The number of hydrogen-bond donors (Lipinski definition) is 1. The van der Waals surface area contributed by atoms with Gasteiger partial charge >= 0.3 is 6.03 Å². The quantitative estimate of drug-likeness (QED) is 0.667. The van der Waals surface area contributed by atoms with Gasteiger partial charge in [0.15, 0.2) is 0 Å². The number of aromatic nitrogens is 2. The molecule has 0 atom stereocenters. The molecule has 3 heterocycles. The number of piperidine rings is 1. The summed E-state index contributed by atoms with van der Waals surface area (Å²) in [4.78, 5) is 18.3. The first kappa shape index (κ1) is 8.91. The van der Waals surface area contributed by atoms with Gasteiger partial charge in [-0.25, -0.2) is 9.78 Å². The number of rotatable bonds is 0. The molecule has 1 amide bonds. The predicted molar refractivity (Wildman–Crippen MR) is 54.6 cm³/mol. The van der Waals surface area contributed by atoms with Gasteiger partial charge in [-0.15, -0.1) is 0 Å². The van der Waals surface area contributed by atoms with E-state index in [-0.39, 0.29) is 11.6 Å². The first-order chi connectivity index (χ1) is 7.21. The third kappa shape index (κ3) is 1.13. The molecule has 0 bridgehead atoms. The highest BCUT2D eigenvalue weighted by Crippen LogP contribution is 2.34. The Bertz CT molecular complexity index is 403. The molecule has 0 aromatic carbocycles. The van der Waals surface area contributed by atoms with Crippen molar-refractivity contribution in [3.63, 3.8) is 0 Å². The fourth-order valence-electron chi connectivity index (χ4n) is 2.49. The molecule has 2 aliphatic rings. The van der Waals surface area contributed by atoms with Gasteiger partial charge in [0.25, 0.3) is 0 Å². The van der Waals surface area contributed by atoms with Crippen molar-refractivity contribution in [1.29, 1.82) is 0 Å². The summed E-state index contributed by atoms with van der Waals surface area (Å²) in [5, 5.41) is 3.07. The van der Waals surface area contributed by atoms with E-state index in [1.54, 1.807) is 17.0 Å². The van der Waals surface area contributed by atoms with E-state index in [9.17, 15) is 4.79 Å². The van der Waals surface area contributed by atoms with Crippen LogP contribution in [0.1, 0.15) is 18.7 Å². The van der Waals surface area contributed by atoms with Gasteiger partial charge < -0.3 is 10.2 Å². The van der Waals surface area contributed by atoms with Gasteiger partial charge in [0.1, 0.15) is 11.4 Å². The van der Waals surface area contributed by atoms with Crippen molar-refractivity contribution in [2.75, 3.05) is 20.1 Å². The molecule has 1 aromatic heterocycles. The lowest BCUT2D eigenvalue weighted by atomic mass is 9.88. The summed E-state index contributed by atoms with van der Waals surface area (Å²) in [6.07, 6.45) is 5.34. The molecular formula is C10H14N4O. The van der Waals surface area contributed by atoms with Crippen molar-refractivity contribution in [3.05, 3.63) is 18.2 Å². The van der Waals surface area contributed by atoms with Crippen LogP contribution in [0, 0.1) is 0 Å². The molecule has 0 saturated carbocycles. The zero-order chi connectivity index (χ0) is 10.5. The third-order valence-corrected chi connectivity index (χ3v) is 3.47. The normalized spacial score (nSPS) is 24.2. The highest BCUT2D eigenvalue weighted by Gasteiger charge is 2.45. The van der Waals surface area contributed by atoms with Gasteiger partial charge in [0.2, 0.25) is 0 Å². The van der Waals surface area contributed by atoms with Crippen LogP contribution in [-0.2, 0) is 5.54 Å². The van der Waals surface area contributed by atoms with E-state index in [2.05, 4.69) is 22.2 Å². The van der Waals surface area contributed by atoms with Crippen LogP contribution in [0.5, 0.6) is 0 Å². The van der Waals surface area contributed by atoms with E-state index >= 15 is 0 Å². The molecule has 3 rings (SSSR count). The molecule has 1 fully saturated rings. The highest BCUT2D eigenvalue weighted by atomic mass is 16.2. The van der Waals surface area contributed by atoms with Crippen LogP contribution in [0.2, 0.25) is 0 Å². The standard InChI is InChI=1S/C10H14N4O/c1-13-5-2-10(3-6-13)8-11-4-7-14(8)9(15)12-10/h4,7H,2-3,5-6H2,1H3,(H,12,15). The van der Waals surface area contributed by atoms with Crippen LogP contribution in [0.15, 0.2) is 12.4 Å². The van der Waals surface area contributed by atoms with Crippen LogP contribution in [-0.4, -0.2) is 40.6 Å². The first-order valence-electron chi connectivity index (χ1n) is 5.26. The fraction of sp³-hybridized carbons (Fsp3) is 0.600. The molecule has 0 radical (unpaired) electrons. The third-order valence-electron chi connectivity index (χ3n) is 3.47. The molecule has 5 heteroatoms. The Morgan fingerprint density at radius 1 is 1.47 bits per heavy atom. The molecule has 1 aromatic rings. The maximum atomic E-state index is 11.7. The van der Waals surface area contributed by atoms with Crippen molar-refractivity contribution < 1.29 is 4.79 Å². The number of likely N-dealkylation sites (tertiary alicyclic amines) is 1. The molecule has 1 N–H and O–H groups in total. The van der Waals surface area contributed by atoms with E-state index in [0.717, 1.165) is 31.8 Å². The summed E-state index contributed by atoms with van der Waals surface area (Å²) in [5.74, 6) is 0.889. The lowest BCUT2D eigenvalue weighted by molar-refractivity contribution is 0.166. The smallest absolute Gasteiger partial charge is 0.325 e. The molecule has 15 heavy (non-hydrogen) atoms. The van der Waals surface area contributed by atoms with Crippen LogP contribution >= 0.6 is 0 Å². The Balaban J connectivity index is 1.99. The van der Waals surface area contributed by atoms with E-state index in [0.29, 0.717) is 0 Å². The maximum Gasteiger partial charge on any atom is 0.327 e. The minimum Gasteiger partial charge on any atom is -0.325 e. The lowest BCUT2D eigenvalue weighted by Gasteiger charge is -2.36. The van der Waals surface area contributed by atoms with Crippen molar-refractivity contribution in [3.8, 4) is 0 Å². The van der Waals surface area contributed by atoms with Crippen molar-refractivity contribution >= 4 is 6.03 Å². The molecule has 0 unspecified atom stereocenters. The Morgan fingerprint density at radius 3 is 2.93 bits per heavy atom. The van der Waals surface area contributed by atoms with Gasteiger partial charge in [0, 0.05) is 25.5 Å². The van der Waals surface area contributed by atoms with Crippen LogP contribution in [0.4, 0.5) is 4.79 Å². The first-order valence-corrected chi connectivity index (χ1v) is 5.26. The Kier molecular flexibility index (Phi) is 1.68. The molecule has 1 spiro atoms. The lowest BCUT2D eigenvalue weighted by Crippen LogP contribution is -2.48. The van der Waals surface area contributed by atoms with E-state index in [1.165, 1.54) is 0 Å². The van der Waals surface area contributed by atoms with Gasteiger partial charge in [-0.2, -0.15) is 0 Å². The van der Waals surface area contributed by atoms with E-state index in [1.807, 2.05) is 0 Å². The summed E-state index contributed by atoms with van der Waals surface area (Å²) < 4.78 is 1.63. The number of nitrogens with zero attached hydrogens (tertiary/aromatic N) is 3. The fourth-order valence-corrected chi connectivity index (χ4v) is 2.49. The molecule has 2 aliphatic heterocycles. The second kappa shape index (κ2) is 2.82. The highest BCUT2D eigenvalue weighted by molar-refractivity contribution is 5.81. The largest absolute Gasteiger partial charge is 0.327 e. The Hall–Kier alpha value is -1.36. The van der Waals surface area contributed by atoms with Crippen molar-refractivity contribution in [1.82, 2.24) is 19.8 Å². The van der Waals surface area contributed by atoms with E-state index in [4.69, 9.17) is 0 Å². The van der Waals surface area contributed by atoms with Crippen LogP contribution in [0.25, 0.3) is 0 Å². The molecule has 1 saturated heterocycles. The number of imidazole rings is 1.